The van der Waals surface area contributed by atoms with Crippen LogP contribution >= 0.6 is 11.3 Å². The molecule has 2 aliphatic rings. The number of anilines is 1. The smallest absolute Gasteiger partial charge is 0.290 e. The summed E-state index contributed by atoms with van der Waals surface area (Å²) in [5.41, 5.74) is 10.4. The number of carboxylic acid groups (broad SMARTS) is 1. The molecule has 0 saturated heterocycles. The molecule has 1 aliphatic heterocycles. The molecule has 0 atom stereocenters. The maximum Gasteiger partial charge on any atom is 0.290 e. The maximum absolute atomic E-state index is 12.7. The third kappa shape index (κ3) is 3.58. The van der Waals surface area contributed by atoms with E-state index in [0.717, 1.165) is 46.5 Å². The van der Waals surface area contributed by atoms with E-state index in [1.54, 1.807) is 11.3 Å². The van der Waals surface area contributed by atoms with Gasteiger partial charge in [0.1, 0.15) is 17.5 Å². The van der Waals surface area contributed by atoms with Crippen LogP contribution in [-0.2, 0) is 22.6 Å². The van der Waals surface area contributed by atoms with E-state index in [1.165, 1.54) is 0 Å². The summed E-state index contributed by atoms with van der Waals surface area (Å²) in [6, 6.07) is 4.28. The predicted octanol–water partition coefficient (Wildman–Crippen LogP) is 2.96. The first-order chi connectivity index (χ1) is 13.5. The Labute approximate surface area is 167 Å². The topological polar surface area (TPSA) is 120 Å². The summed E-state index contributed by atoms with van der Waals surface area (Å²) in [6.07, 6.45) is 3.85. The first kappa shape index (κ1) is 19.8. The number of carbonyl (C=O) groups is 2. The fourth-order valence-corrected chi connectivity index (χ4v) is 4.68. The Morgan fingerprint density at radius 1 is 1.50 bits per heavy atom. The molecule has 4 rings (SSSR count). The fraction of sp³-hybridized carbons (Fsp3) is 0.400. The molecule has 8 heteroatoms. The van der Waals surface area contributed by atoms with Crippen LogP contribution < -0.4 is 5.73 Å². The second kappa shape index (κ2) is 8.40. The molecular formula is C20H22N4O3S. The van der Waals surface area contributed by atoms with E-state index in [2.05, 4.69) is 11.1 Å². The molecule has 1 aliphatic carbocycles. The molecular weight excluding hydrogens is 376 g/mol. The third-order valence-electron chi connectivity index (χ3n) is 5.35. The Balaban J connectivity index is 0.000000706. The van der Waals surface area contributed by atoms with Crippen molar-refractivity contribution < 1.29 is 14.7 Å². The van der Waals surface area contributed by atoms with Crippen LogP contribution in [0.2, 0.25) is 0 Å². The predicted molar refractivity (Wildman–Crippen MR) is 107 cm³/mol. The van der Waals surface area contributed by atoms with Gasteiger partial charge in [0.25, 0.3) is 6.47 Å². The third-order valence-corrected chi connectivity index (χ3v) is 6.38. The van der Waals surface area contributed by atoms with Crippen molar-refractivity contribution in [1.29, 1.82) is 5.26 Å². The van der Waals surface area contributed by atoms with Gasteiger partial charge in [0.05, 0.1) is 5.69 Å². The van der Waals surface area contributed by atoms with Gasteiger partial charge in [-0.25, -0.2) is 4.98 Å². The van der Waals surface area contributed by atoms with Crippen LogP contribution in [0.4, 0.5) is 5.82 Å². The number of fused-ring (bicyclic) bond motifs is 1. The van der Waals surface area contributed by atoms with Crippen LogP contribution in [0.1, 0.15) is 41.6 Å². The number of thiophene rings is 1. The molecule has 0 radical (unpaired) electrons. The standard InChI is InChI=1S/C19H20N4OS.CH2O2/c1-11-6-8-25-17(11)16-13(9-20)18(21)22-15-5-7-23(10-14(15)16)19(24)12-3-2-4-12;2-1-3/h6,8,12H,2-5,7,10H2,1H3,(H2,21,22);1H,(H,2,3). The molecule has 3 N–H and O–H groups in total. The lowest BCUT2D eigenvalue weighted by Crippen LogP contribution is -2.42. The van der Waals surface area contributed by atoms with Crippen LogP contribution in [0.3, 0.4) is 0 Å². The van der Waals surface area contributed by atoms with E-state index in [1.807, 2.05) is 23.3 Å². The number of hydrogen-bond donors (Lipinski definition) is 2. The highest BCUT2D eigenvalue weighted by Gasteiger charge is 2.33. The first-order valence-electron chi connectivity index (χ1n) is 9.14. The molecule has 2 aromatic heterocycles. The van der Waals surface area contributed by atoms with Gasteiger partial charge >= 0.3 is 0 Å². The Hall–Kier alpha value is -2.92. The normalized spacial score (nSPS) is 15.5. The summed E-state index contributed by atoms with van der Waals surface area (Å²) in [5.74, 6) is 0.731. The Morgan fingerprint density at radius 2 is 2.21 bits per heavy atom. The maximum atomic E-state index is 12.7. The minimum Gasteiger partial charge on any atom is -0.483 e. The molecule has 0 unspecified atom stereocenters. The zero-order valence-corrected chi connectivity index (χ0v) is 16.5. The number of aryl methyl sites for hydroxylation is 1. The lowest BCUT2D eigenvalue weighted by atomic mass is 9.83. The zero-order valence-electron chi connectivity index (χ0n) is 15.6. The number of pyridine rings is 1. The van der Waals surface area contributed by atoms with Gasteiger partial charge in [-0.1, -0.05) is 6.42 Å². The summed E-state index contributed by atoms with van der Waals surface area (Å²) in [6.45, 7) is 3.00. The number of nitriles is 1. The summed E-state index contributed by atoms with van der Waals surface area (Å²) in [4.78, 5) is 28.5. The van der Waals surface area contributed by atoms with E-state index in [0.29, 0.717) is 30.9 Å². The number of rotatable bonds is 2. The van der Waals surface area contributed by atoms with Crippen molar-refractivity contribution in [1.82, 2.24) is 9.88 Å². The van der Waals surface area contributed by atoms with Gasteiger partial charge in [-0.05, 0) is 36.8 Å². The quantitative estimate of drug-likeness (QED) is 0.750. The number of aromatic nitrogens is 1. The van der Waals surface area contributed by atoms with Crippen molar-refractivity contribution >= 4 is 29.5 Å². The fourth-order valence-electron chi connectivity index (χ4n) is 3.67. The molecule has 1 saturated carbocycles. The van der Waals surface area contributed by atoms with Gasteiger partial charge in [0, 0.05) is 41.4 Å². The number of amides is 1. The summed E-state index contributed by atoms with van der Waals surface area (Å²) < 4.78 is 0. The van der Waals surface area contributed by atoms with Crippen molar-refractivity contribution in [2.75, 3.05) is 12.3 Å². The van der Waals surface area contributed by atoms with E-state index < -0.39 is 0 Å². The second-order valence-corrected chi connectivity index (χ2v) is 7.88. The SMILES string of the molecule is Cc1ccsc1-c1c(C#N)c(N)nc2c1CN(C(=O)C1CCC1)CC2.O=CO. The molecule has 1 amide bonds. The summed E-state index contributed by atoms with van der Waals surface area (Å²) in [5, 5.41) is 18.6. The molecule has 3 heterocycles. The number of nitrogens with zero attached hydrogens (tertiary/aromatic N) is 3. The molecule has 28 heavy (non-hydrogen) atoms. The highest BCUT2D eigenvalue weighted by molar-refractivity contribution is 7.13. The van der Waals surface area contributed by atoms with Crippen LogP contribution in [0.15, 0.2) is 11.4 Å². The lowest BCUT2D eigenvalue weighted by molar-refractivity contribution is -0.139. The van der Waals surface area contributed by atoms with Gasteiger partial charge in [-0.2, -0.15) is 5.26 Å². The Bertz CT molecular complexity index is 944. The van der Waals surface area contributed by atoms with Crippen LogP contribution in [0.5, 0.6) is 0 Å². The number of hydrogen-bond acceptors (Lipinski definition) is 6. The van der Waals surface area contributed by atoms with Crippen molar-refractivity contribution in [3.63, 3.8) is 0 Å². The van der Waals surface area contributed by atoms with Gasteiger partial charge < -0.3 is 15.7 Å². The average molecular weight is 398 g/mol. The lowest BCUT2D eigenvalue weighted by Gasteiger charge is -2.35. The van der Waals surface area contributed by atoms with Gasteiger partial charge in [0.15, 0.2) is 0 Å². The highest BCUT2D eigenvalue weighted by atomic mass is 32.1. The van der Waals surface area contributed by atoms with Gasteiger partial charge in [-0.3, -0.25) is 9.59 Å². The Kier molecular flexibility index (Phi) is 5.95. The first-order valence-corrected chi connectivity index (χ1v) is 10.0. The van der Waals surface area contributed by atoms with Crippen molar-refractivity contribution in [2.45, 2.75) is 39.2 Å². The molecule has 0 aromatic carbocycles. The molecule has 7 nitrogen and oxygen atoms in total. The number of nitrogens with two attached hydrogens (primary N) is 1. The van der Waals surface area contributed by atoms with E-state index in [4.69, 9.17) is 15.6 Å². The van der Waals surface area contributed by atoms with Gasteiger partial charge in [-0.15, -0.1) is 11.3 Å². The number of carbonyl (C=O) groups excluding carboxylic acids is 1. The van der Waals surface area contributed by atoms with Crippen molar-refractivity contribution in [3.05, 3.63) is 33.8 Å². The highest BCUT2D eigenvalue weighted by Crippen LogP contribution is 2.40. The van der Waals surface area contributed by atoms with Gasteiger partial charge in [0.2, 0.25) is 5.91 Å². The molecule has 1 fully saturated rings. The second-order valence-electron chi connectivity index (χ2n) is 6.96. The van der Waals surface area contributed by atoms with E-state index >= 15 is 0 Å². The van der Waals surface area contributed by atoms with Crippen LogP contribution in [0.25, 0.3) is 10.4 Å². The van der Waals surface area contributed by atoms with Crippen molar-refractivity contribution in [2.24, 2.45) is 5.92 Å². The largest absolute Gasteiger partial charge is 0.483 e. The summed E-state index contributed by atoms with van der Waals surface area (Å²) >= 11 is 1.61. The van der Waals surface area contributed by atoms with E-state index in [-0.39, 0.29) is 18.3 Å². The summed E-state index contributed by atoms with van der Waals surface area (Å²) in [7, 11) is 0. The van der Waals surface area contributed by atoms with Crippen LogP contribution in [-0.4, -0.2) is 33.9 Å². The molecule has 2 aromatic rings. The minimum atomic E-state index is -0.250. The monoisotopic (exact) mass is 398 g/mol. The minimum absolute atomic E-state index is 0.186. The molecule has 0 bridgehead atoms. The van der Waals surface area contributed by atoms with Crippen molar-refractivity contribution in [3.8, 4) is 16.5 Å². The molecule has 0 spiro atoms. The van der Waals surface area contributed by atoms with E-state index in [9.17, 15) is 10.1 Å². The zero-order chi connectivity index (χ0) is 20.3. The Morgan fingerprint density at radius 3 is 2.75 bits per heavy atom. The number of nitrogen functional groups attached to an aromatic ring is 1. The van der Waals surface area contributed by atoms with Crippen LogP contribution in [0, 0.1) is 24.2 Å². The average Bonchev–Trinajstić information content (AvgIpc) is 3.05. The molecule has 146 valence electrons.